The van der Waals surface area contributed by atoms with Crippen LogP contribution in [-0.4, -0.2) is 28.4 Å². The molecule has 0 aliphatic rings. The number of ether oxygens (including phenoxy) is 1. The smallest absolute Gasteiger partial charge is 0.172 e. The standard InChI is InChI=1S/C16H12ClN3O2/c1-22-14-7-5-11(6-8-14)16-15(10-21)18-19-20(16)13-4-2-3-12(17)9-13/h2-10H,1H3. The van der Waals surface area contributed by atoms with Gasteiger partial charge in [-0.25, -0.2) is 4.68 Å². The van der Waals surface area contributed by atoms with Crippen molar-refractivity contribution in [2.45, 2.75) is 0 Å². The van der Waals surface area contributed by atoms with Gasteiger partial charge in [-0.15, -0.1) is 5.10 Å². The Hall–Kier alpha value is -2.66. The van der Waals surface area contributed by atoms with Gasteiger partial charge in [0, 0.05) is 10.6 Å². The largest absolute Gasteiger partial charge is 0.497 e. The first-order chi connectivity index (χ1) is 10.7. The lowest BCUT2D eigenvalue weighted by atomic mass is 10.1. The Kier molecular flexibility index (Phi) is 3.89. The summed E-state index contributed by atoms with van der Waals surface area (Å²) in [6, 6.07) is 14.5. The molecule has 0 spiro atoms. The molecule has 22 heavy (non-hydrogen) atoms. The number of hydrogen-bond donors (Lipinski definition) is 0. The second-order valence-corrected chi connectivity index (χ2v) is 5.00. The quantitative estimate of drug-likeness (QED) is 0.693. The van der Waals surface area contributed by atoms with Crippen molar-refractivity contribution >= 4 is 17.9 Å². The van der Waals surface area contributed by atoms with Crippen LogP contribution in [-0.2, 0) is 0 Å². The topological polar surface area (TPSA) is 57.0 Å². The Morgan fingerprint density at radius 2 is 1.95 bits per heavy atom. The van der Waals surface area contributed by atoms with E-state index in [4.69, 9.17) is 16.3 Å². The van der Waals surface area contributed by atoms with Crippen molar-refractivity contribution in [3.05, 3.63) is 59.2 Å². The van der Waals surface area contributed by atoms with Gasteiger partial charge in [-0.2, -0.15) is 0 Å². The molecule has 0 saturated carbocycles. The molecular weight excluding hydrogens is 302 g/mol. The van der Waals surface area contributed by atoms with Crippen molar-refractivity contribution in [3.8, 4) is 22.7 Å². The van der Waals surface area contributed by atoms with Crippen LogP contribution in [0, 0.1) is 0 Å². The summed E-state index contributed by atoms with van der Waals surface area (Å²) in [6.07, 6.45) is 0.688. The van der Waals surface area contributed by atoms with Gasteiger partial charge in [0.1, 0.15) is 11.4 Å². The molecule has 0 aliphatic heterocycles. The number of nitrogens with zero attached hydrogens (tertiary/aromatic N) is 3. The molecule has 0 amide bonds. The number of hydrogen-bond acceptors (Lipinski definition) is 4. The van der Waals surface area contributed by atoms with Gasteiger partial charge >= 0.3 is 0 Å². The number of benzene rings is 2. The number of methoxy groups -OCH3 is 1. The molecule has 0 N–H and O–H groups in total. The fraction of sp³-hybridized carbons (Fsp3) is 0.0625. The van der Waals surface area contributed by atoms with E-state index in [1.54, 1.807) is 23.9 Å². The lowest BCUT2D eigenvalue weighted by molar-refractivity contribution is 0.111. The maximum absolute atomic E-state index is 11.3. The first-order valence-corrected chi connectivity index (χ1v) is 6.92. The summed E-state index contributed by atoms with van der Waals surface area (Å²) < 4.78 is 6.74. The molecule has 110 valence electrons. The van der Waals surface area contributed by atoms with Crippen LogP contribution in [0.3, 0.4) is 0 Å². The van der Waals surface area contributed by atoms with E-state index < -0.39 is 0 Å². The van der Waals surface area contributed by atoms with E-state index in [0.717, 1.165) is 17.0 Å². The molecule has 0 bridgehead atoms. The van der Waals surface area contributed by atoms with Crippen LogP contribution in [0.5, 0.6) is 5.75 Å². The molecule has 0 saturated heterocycles. The van der Waals surface area contributed by atoms with Gasteiger partial charge in [0.15, 0.2) is 12.0 Å². The molecule has 3 rings (SSSR count). The van der Waals surface area contributed by atoms with Gasteiger partial charge in [-0.1, -0.05) is 22.9 Å². The molecule has 1 aromatic heterocycles. The Bertz CT molecular complexity index is 813. The van der Waals surface area contributed by atoms with Crippen molar-refractivity contribution in [2.75, 3.05) is 7.11 Å². The zero-order valence-corrected chi connectivity index (χ0v) is 12.5. The number of rotatable bonds is 4. The molecular formula is C16H12ClN3O2. The summed E-state index contributed by atoms with van der Waals surface area (Å²) in [6.45, 7) is 0. The second-order valence-electron chi connectivity index (χ2n) is 4.56. The van der Waals surface area contributed by atoms with Crippen LogP contribution in [0.2, 0.25) is 5.02 Å². The summed E-state index contributed by atoms with van der Waals surface area (Å²) in [5.74, 6) is 0.734. The highest BCUT2D eigenvalue weighted by atomic mass is 35.5. The molecule has 6 heteroatoms. The third-order valence-electron chi connectivity index (χ3n) is 3.22. The van der Waals surface area contributed by atoms with E-state index in [2.05, 4.69) is 10.3 Å². The third-order valence-corrected chi connectivity index (χ3v) is 3.46. The number of aromatic nitrogens is 3. The highest BCUT2D eigenvalue weighted by Gasteiger charge is 2.16. The van der Waals surface area contributed by atoms with Gasteiger partial charge in [-0.3, -0.25) is 4.79 Å². The maximum Gasteiger partial charge on any atom is 0.172 e. The first kappa shape index (κ1) is 14.3. The van der Waals surface area contributed by atoms with Gasteiger partial charge in [0.25, 0.3) is 0 Å². The van der Waals surface area contributed by atoms with Crippen molar-refractivity contribution in [1.29, 1.82) is 0 Å². The van der Waals surface area contributed by atoms with Crippen LogP contribution < -0.4 is 4.74 Å². The summed E-state index contributed by atoms with van der Waals surface area (Å²) in [7, 11) is 1.60. The minimum absolute atomic E-state index is 0.269. The Morgan fingerprint density at radius 3 is 2.59 bits per heavy atom. The third kappa shape index (κ3) is 2.58. The SMILES string of the molecule is COc1ccc(-c2c(C=O)nnn2-c2cccc(Cl)c2)cc1. The number of carbonyl (C=O) groups excluding carboxylic acids is 1. The van der Waals surface area contributed by atoms with Crippen LogP contribution in [0.25, 0.3) is 16.9 Å². The van der Waals surface area contributed by atoms with Gasteiger partial charge < -0.3 is 4.74 Å². The van der Waals surface area contributed by atoms with Crippen LogP contribution in [0.1, 0.15) is 10.5 Å². The zero-order chi connectivity index (χ0) is 15.5. The molecule has 0 radical (unpaired) electrons. The lowest BCUT2D eigenvalue weighted by Gasteiger charge is -2.08. The molecule has 5 nitrogen and oxygen atoms in total. The Labute approximate surface area is 132 Å². The molecule has 0 aliphatic carbocycles. The highest BCUT2D eigenvalue weighted by molar-refractivity contribution is 6.30. The molecule has 2 aromatic carbocycles. The molecule has 0 fully saturated rings. The van der Waals surface area contributed by atoms with E-state index >= 15 is 0 Å². The van der Waals surface area contributed by atoms with Crippen LogP contribution in [0.4, 0.5) is 0 Å². The normalized spacial score (nSPS) is 10.5. The van der Waals surface area contributed by atoms with E-state index in [-0.39, 0.29) is 5.69 Å². The van der Waals surface area contributed by atoms with Crippen molar-refractivity contribution in [2.24, 2.45) is 0 Å². The minimum Gasteiger partial charge on any atom is -0.497 e. The van der Waals surface area contributed by atoms with E-state index in [1.807, 2.05) is 36.4 Å². The summed E-state index contributed by atoms with van der Waals surface area (Å²) in [5.41, 5.74) is 2.43. The molecule has 0 unspecified atom stereocenters. The summed E-state index contributed by atoms with van der Waals surface area (Å²) in [5, 5.41) is 8.58. The van der Waals surface area contributed by atoms with Gasteiger partial charge in [0.05, 0.1) is 12.8 Å². The Balaban J connectivity index is 2.16. The maximum atomic E-state index is 11.3. The van der Waals surface area contributed by atoms with Crippen molar-refractivity contribution in [3.63, 3.8) is 0 Å². The molecule has 0 atom stereocenters. The van der Waals surface area contributed by atoms with Crippen molar-refractivity contribution < 1.29 is 9.53 Å². The minimum atomic E-state index is 0.269. The average Bonchev–Trinajstić information content (AvgIpc) is 2.99. The first-order valence-electron chi connectivity index (χ1n) is 6.54. The van der Waals surface area contributed by atoms with Crippen molar-refractivity contribution in [1.82, 2.24) is 15.0 Å². The number of aldehydes is 1. The van der Waals surface area contributed by atoms with Gasteiger partial charge in [-0.05, 0) is 42.5 Å². The van der Waals surface area contributed by atoms with E-state index in [1.165, 1.54) is 0 Å². The number of carbonyl (C=O) groups is 1. The monoisotopic (exact) mass is 313 g/mol. The van der Waals surface area contributed by atoms with Crippen LogP contribution in [0.15, 0.2) is 48.5 Å². The number of halogens is 1. The summed E-state index contributed by atoms with van der Waals surface area (Å²) in [4.78, 5) is 11.3. The summed E-state index contributed by atoms with van der Waals surface area (Å²) >= 11 is 6.03. The predicted molar refractivity (Wildman–Crippen MR) is 83.7 cm³/mol. The lowest BCUT2D eigenvalue weighted by Crippen LogP contribution is -2.00. The van der Waals surface area contributed by atoms with Crippen LogP contribution >= 0.6 is 11.6 Å². The van der Waals surface area contributed by atoms with Gasteiger partial charge in [0.2, 0.25) is 0 Å². The predicted octanol–water partition coefficient (Wildman–Crippen LogP) is 3.41. The van der Waals surface area contributed by atoms with E-state index in [9.17, 15) is 4.79 Å². The highest BCUT2D eigenvalue weighted by Crippen LogP contribution is 2.27. The van der Waals surface area contributed by atoms with E-state index in [0.29, 0.717) is 17.0 Å². The Morgan fingerprint density at radius 1 is 1.18 bits per heavy atom. The second kappa shape index (κ2) is 5.99. The fourth-order valence-electron chi connectivity index (χ4n) is 2.18. The fourth-order valence-corrected chi connectivity index (χ4v) is 2.37. The zero-order valence-electron chi connectivity index (χ0n) is 11.7. The molecule has 3 aromatic rings. The average molecular weight is 314 g/mol. The molecule has 1 heterocycles.